The Morgan fingerprint density at radius 1 is 1.59 bits per heavy atom. The Morgan fingerprint density at radius 2 is 2.24 bits per heavy atom. The zero-order valence-electron chi connectivity index (χ0n) is 9.81. The molecule has 0 bridgehead atoms. The molecule has 2 atom stereocenters. The van der Waals surface area contributed by atoms with Gasteiger partial charge < -0.3 is 15.6 Å². The van der Waals surface area contributed by atoms with Crippen LogP contribution in [0, 0.1) is 0 Å². The Hall–Kier alpha value is -1.62. The van der Waals surface area contributed by atoms with Gasteiger partial charge in [-0.15, -0.1) is 0 Å². The number of benzene rings is 1. The number of ether oxygens (including phenoxy) is 1. The molecule has 5 heteroatoms. The molecule has 0 spiro atoms. The van der Waals surface area contributed by atoms with E-state index >= 15 is 0 Å². The van der Waals surface area contributed by atoms with Gasteiger partial charge in [-0.25, -0.2) is 4.39 Å². The summed E-state index contributed by atoms with van der Waals surface area (Å²) in [6.45, 7) is 1.33. The Labute approximate surface area is 99.2 Å². The maximum atomic E-state index is 13.2. The Balaban J connectivity index is 3.26. The molecule has 0 saturated heterocycles. The van der Waals surface area contributed by atoms with Gasteiger partial charge in [0.2, 0.25) is 0 Å². The topological polar surface area (TPSA) is 72.5 Å². The summed E-state index contributed by atoms with van der Waals surface area (Å²) in [6, 6.07) is 4.63. The van der Waals surface area contributed by atoms with Crippen molar-refractivity contribution in [1.82, 2.24) is 0 Å². The summed E-state index contributed by atoms with van der Waals surface area (Å²) in [7, 11) is 1.44. The van der Waals surface area contributed by atoms with Crippen LogP contribution >= 0.6 is 0 Å². The van der Waals surface area contributed by atoms with E-state index < -0.39 is 18.1 Å². The summed E-state index contributed by atoms with van der Waals surface area (Å²) >= 11 is 0. The van der Waals surface area contributed by atoms with Crippen LogP contribution in [-0.2, 0) is 4.79 Å². The van der Waals surface area contributed by atoms with Crippen molar-refractivity contribution in [3.8, 4) is 5.75 Å². The van der Waals surface area contributed by atoms with E-state index in [0.717, 1.165) is 0 Å². The molecule has 0 aliphatic carbocycles. The molecule has 4 nitrogen and oxygen atoms in total. The third-order valence-electron chi connectivity index (χ3n) is 2.62. The molecule has 0 aliphatic heterocycles. The summed E-state index contributed by atoms with van der Waals surface area (Å²) in [5.74, 6) is -1.52. The van der Waals surface area contributed by atoms with E-state index in [4.69, 9.17) is 15.6 Å². The smallest absolute Gasteiger partial charge is 0.312 e. The van der Waals surface area contributed by atoms with Crippen molar-refractivity contribution < 1.29 is 19.0 Å². The number of carboxylic acids is 1. The van der Waals surface area contributed by atoms with Crippen LogP contribution in [0.25, 0.3) is 0 Å². The summed E-state index contributed by atoms with van der Waals surface area (Å²) in [5.41, 5.74) is 6.25. The van der Waals surface area contributed by atoms with Gasteiger partial charge in [0.25, 0.3) is 0 Å². The van der Waals surface area contributed by atoms with Crippen molar-refractivity contribution in [2.75, 3.05) is 13.7 Å². The average molecular weight is 241 g/mol. The molecule has 17 heavy (non-hydrogen) atoms. The van der Waals surface area contributed by atoms with Crippen LogP contribution in [0.15, 0.2) is 18.2 Å². The Bertz CT molecular complexity index is 407. The second-order valence-corrected chi connectivity index (χ2v) is 3.74. The standard InChI is InChI=1S/C12H16FNO3/c1-7(13)8-3-4-11(17-2)9(5-8)10(6-14)12(15)16/h3-5,7,10H,6,14H2,1-2H3,(H,15,16). The molecule has 3 N–H and O–H groups in total. The van der Waals surface area contributed by atoms with E-state index in [1.165, 1.54) is 20.1 Å². The molecule has 94 valence electrons. The van der Waals surface area contributed by atoms with Crippen molar-refractivity contribution in [2.45, 2.75) is 19.0 Å². The van der Waals surface area contributed by atoms with E-state index in [2.05, 4.69) is 0 Å². The number of halogens is 1. The highest BCUT2D eigenvalue weighted by Gasteiger charge is 2.23. The number of carboxylic acid groups (broad SMARTS) is 1. The van der Waals surface area contributed by atoms with Gasteiger partial charge >= 0.3 is 5.97 Å². The highest BCUT2D eigenvalue weighted by molar-refractivity contribution is 5.77. The molecule has 1 aromatic rings. The van der Waals surface area contributed by atoms with Gasteiger partial charge in [-0.1, -0.05) is 6.07 Å². The fourth-order valence-corrected chi connectivity index (χ4v) is 1.63. The fourth-order valence-electron chi connectivity index (χ4n) is 1.63. The van der Waals surface area contributed by atoms with Crippen LogP contribution in [-0.4, -0.2) is 24.7 Å². The van der Waals surface area contributed by atoms with Crippen LogP contribution in [0.1, 0.15) is 30.1 Å². The number of rotatable bonds is 5. The van der Waals surface area contributed by atoms with Crippen molar-refractivity contribution >= 4 is 5.97 Å². The van der Waals surface area contributed by atoms with Gasteiger partial charge in [0.1, 0.15) is 11.9 Å². The molecule has 0 saturated carbocycles. The molecule has 1 rings (SSSR count). The molecule has 0 radical (unpaired) electrons. The highest BCUT2D eigenvalue weighted by Crippen LogP contribution is 2.30. The minimum Gasteiger partial charge on any atom is -0.496 e. The first kappa shape index (κ1) is 13.4. The lowest BCUT2D eigenvalue weighted by molar-refractivity contribution is -0.138. The zero-order valence-corrected chi connectivity index (χ0v) is 9.81. The van der Waals surface area contributed by atoms with Crippen LogP contribution in [0.5, 0.6) is 5.75 Å². The van der Waals surface area contributed by atoms with Crippen LogP contribution < -0.4 is 10.5 Å². The molecule has 0 heterocycles. The molecular weight excluding hydrogens is 225 g/mol. The van der Waals surface area contributed by atoms with Crippen molar-refractivity contribution in [3.63, 3.8) is 0 Å². The summed E-state index contributed by atoms with van der Waals surface area (Å²) in [4.78, 5) is 11.1. The lowest BCUT2D eigenvalue weighted by atomic mass is 9.95. The van der Waals surface area contributed by atoms with Gasteiger partial charge in [-0.05, 0) is 24.6 Å². The van der Waals surface area contributed by atoms with E-state index in [1.807, 2.05) is 0 Å². The number of methoxy groups -OCH3 is 1. The number of carbonyl (C=O) groups is 1. The fraction of sp³-hybridized carbons (Fsp3) is 0.417. The molecule has 1 aromatic carbocycles. The number of nitrogens with two attached hydrogens (primary N) is 1. The normalized spacial score (nSPS) is 14.1. The van der Waals surface area contributed by atoms with Gasteiger partial charge in [0.05, 0.1) is 13.0 Å². The third-order valence-corrected chi connectivity index (χ3v) is 2.62. The zero-order chi connectivity index (χ0) is 13.0. The first-order valence-electron chi connectivity index (χ1n) is 5.26. The molecule has 0 fully saturated rings. The maximum absolute atomic E-state index is 13.2. The third kappa shape index (κ3) is 2.94. The quantitative estimate of drug-likeness (QED) is 0.825. The summed E-state index contributed by atoms with van der Waals surface area (Å²) in [6.07, 6.45) is -1.16. The molecule has 0 aromatic heterocycles. The second kappa shape index (κ2) is 5.63. The molecule has 0 amide bonds. The maximum Gasteiger partial charge on any atom is 0.312 e. The van der Waals surface area contributed by atoms with Gasteiger partial charge in [0.15, 0.2) is 0 Å². The number of aliphatic carboxylic acids is 1. The van der Waals surface area contributed by atoms with Gasteiger partial charge in [0, 0.05) is 12.1 Å². The molecular formula is C12H16FNO3. The van der Waals surface area contributed by atoms with Crippen molar-refractivity contribution in [2.24, 2.45) is 5.73 Å². The summed E-state index contributed by atoms with van der Waals surface area (Å²) < 4.78 is 18.3. The minimum atomic E-state index is -1.16. The lowest BCUT2D eigenvalue weighted by Crippen LogP contribution is -2.22. The number of alkyl halides is 1. The number of hydrogen-bond acceptors (Lipinski definition) is 3. The second-order valence-electron chi connectivity index (χ2n) is 3.74. The van der Waals surface area contributed by atoms with Crippen LogP contribution in [0.2, 0.25) is 0 Å². The first-order valence-corrected chi connectivity index (χ1v) is 5.26. The predicted octanol–water partition coefficient (Wildman–Crippen LogP) is 1.85. The minimum absolute atomic E-state index is 0.0597. The van der Waals surface area contributed by atoms with Crippen molar-refractivity contribution in [3.05, 3.63) is 29.3 Å². The monoisotopic (exact) mass is 241 g/mol. The van der Waals surface area contributed by atoms with Crippen LogP contribution in [0.3, 0.4) is 0 Å². The highest BCUT2D eigenvalue weighted by atomic mass is 19.1. The molecule has 0 aliphatic rings. The average Bonchev–Trinajstić information content (AvgIpc) is 2.29. The van der Waals surface area contributed by atoms with Crippen molar-refractivity contribution in [1.29, 1.82) is 0 Å². The number of hydrogen-bond donors (Lipinski definition) is 2. The van der Waals surface area contributed by atoms with Gasteiger partial charge in [-0.3, -0.25) is 4.79 Å². The van der Waals surface area contributed by atoms with E-state index in [-0.39, 0.29) is 6.54 Å². The summed E-state index contributed by atoms with van der Waals surface area (Å²) in [5, 5.41) is 9.05. The van der Waals surface area contributed by atoms with E-state index in [1.54, 1.807) is 12.1 Å². The van der Waals surface area contributed by atoms with E-state index in [9.17, 15) is 9.18 Å². The Kier molecular flexibility index (Phi) is 4.45. The van der Waals surface area contributed by atoms with E-state index in [0.29, 0.717) is 16.9 Å². The SMILES string of the molecule is COc1ccc(C(C)F)cc1C(CN)C(=O)O. The largest absolute Gasteiger partial charge is 0.496 e. The van der Waals surface area contributed by atoms with Crippen LogP contribution in [0.4, 0.5) is 4.39 Å². The molecule has 2 unspecified atom stereocenters. The predicted molar refractivity (Wildman–Crippen MR) is 61.9 cm³/mol. The Morgan fingerprint density at radius 3 is 2.65 bits per heavy atom. The van der Waals surface area contributed by atoms with Gasteiger partial charge in [-0.2, -0.15) is 0 Å². The first-order chi connectivity index (χ1) is 8.01. The lowest BCUT2D eigenvalue weighted by Gasteiger charge is -2.16.